The van der Waals surface area contributed by atoms with E-state index in [9.17, 15) is 14.9 Å². The van der Waals surface area contributed by atoms with Gasteiger partial charge in [0.05, 0.1) is 22.6 Å². The van der Waals surface area contributed by atoms with Gasteiger partial charge in [-0.2, -0.15) is 0 Å². The molecular formula is C16H14ClNO4. The van der Waals surface area contributed by atoms with Gasteiger partial charge in [-0.1, -0.05) is 29.8 Å². The zero-order chi connectivity index (χ0) is 15.9. The number of nitro benzene ring substituents is 1. The van der Waals surface area contributed by atoms with Crippen LogP contribution in [0, 0.1) is 22.0 Å². The van der Waals surface area contributed by atoms with E-state index in [0.29, 0.717) is 28.5 Å². The van der Waals surface area contributed by atoms with Gasteiger partial charge in [0.2, 0.25) is 0 Å². The Kier molecular flexibility index (Phi) is 3.74. The molecule has 5 nitrogen and oxygen atoms in total. The molecule has 3 rings (SSSR count). The van der Waals surface area contributed by atoms with Gasteiger partial charge in [-0.25, -0.2) is 4.79 Å². The summed E-state index contributed by atoms with van der Waals surface area (Å²) in [4.78, 5) is 22.5. The van der Waals surface area contributed by atoms with Crippen LogP contribution in [0.2, 0.25) is 5.02 Å². The number of allylic oxidation sites excluding steroid dienone is 3. The maximum atomic E-state index is 11.7. The number of ether oxygens (including phenoxy) is 1. The summed E-state index contributed by atoms with van der Waals surface area (Å²) >= 11 is 6.18. The maximum absolute atomic E-state index is 11.7. The van der Waals surface area contributed by atoms with Crippen LogP contribution in [0.25, 0.3) is 5.57 Å². The highest BCUT2D eigenvalue weighted by Crippen LogP contribution is 2.51. The molecule has 0 aliphatic heterocycles. The third kappa shape index (κ3) is 2.31. The SMILES string of the molecule is COC(=O)C1=C[C@@H]2C(c3c(Cl)cccc3[N+](=O)[O-])=C[C@@H]2CC1. The number of carbonyl (C=O) groups is 1. The molecule has 0 bridgehead atoms. The lowest BCUT2D eigenvalue weighted by molar-refractivity contribution is -0.385. The van der Waals surface area contributed by atoms with E-state index in [1.807, 2.05) is 12.2 Å². The zero-order valence-corrected chi connectivity index (χ0v) is 12.7. The molecule has 1 aromatic carbocycles. The molecule has 0 amide bonds. The average molecular weight is 320 g/mol. The van der Waals surface area contributed by atoms with E-state index in [1.54, 1.807) is 12.1 Å². The molecule has 2 atom stereocenters. The van der Waals surface area contributed by atoms with Crippen LogP contribution < -0.4 is 0 Å². The molecule has 0 spiro atoms. The van der Waals surface area contributed by atoms with Gasteiger partial charge >= 0.3 is 5.97 Å². The number of nitro groups is 1. The van der Waals surface area contributed by atoms with Crippen molar-refractivity contribution in [3.05, 3.63) is 56.6 Å². The van der Waals surface area contributed by atoms with Gasteiger partial charge < -0.3 is 4.74 Å². The molecular weight excluding hydrogens is 306 g/mol. The number of fused-ring (bicyclic) bond motifs is 1. The van der Waals surface area contributed by atoms with E-state index in [1.165, 1.54) is 13.2 Å². The Labute approximate surface area is 132 Å². The van der Waals surface area contributed by atoms with Crippen molar-refractivity contribution in [3.8, 4) is 0 Å². The Balaban J connectivity index is 2.01. The van der Waals surface area contributed by atoms with Crippen LogP contribution in [0.5, 0.6) is 0 Å². The molecule has 2 aliphatic rings. The standard InChI is InChI=1S/C16H14ClNO4/c1-22-16(19)10-6-5-9-7-12(11(9)8-10)15-13(17)3-2-4-14(15)18(20)21/h2-4,7-9,11H,5-6H2,1H3/t9-,11-/m0/s1. The monoisotopic (exact) mass is 319 g/mol. The minimum Gasteiger partial charge on any atom is -0.466 e. The summed E-state index contributed by atoms with van der Waals surface area (Å²) in [6.45, 7) is 0. The normalized spacial score (nSPS) is 22.8. The summed E-state index contributed by atoms with van der Waals surface area (Å²) in [5.74, 6) is -0.0425. The second-order valence-electron chi connectivity index (χ2n) is 5.42. The Morgan fingerprint density at radius 3 is 2.86 bits per heavy atom. The first kappa shape index (κ1) is 14.8. The molecule has 0 fully saturated rings. The van der Waals surface area contributed by atoms with Gasteiger partial charge in [-0.3, -0.25) is 10.1 Å². The Bertz CT molecular complexity index is 723. The molecule has 0 aromatic heterocycles. The topological polar surface area (TPSA) is 69.4 Å². The fraction of sp³-hybridized carbons (Fsp3) is 0.312. The van der Waals surface area contributed by atoms with Crippen molar-refractivity contribution >= 4 is 28.8 Å². The van der Waals surface area contributed by atoms with Crippen molar-refractivity contribution in [1.29, 1.82) is 0 Å². The van der Waals surface area contributed by atoms with E-state index in [2.05, 4.69) is 0 Å². The molecule has 0 saturated carbocycles. The van der Waals surface area contributed by atoms with E-state index in [0.717, 1.165) is 12.0 Å². The molecule has 114 valence electrons. The molecule has 0 heterocycles. The van der Waals surface area contributed by atoms with Gasteiger partial charge in [0.15, 0.2) is 0 Å². The molecule has 6 heteroatoms. The van der Waals surface area contributed by atoms with Gasteiger partial charge in [0.25, 0.3) is 5.69 Å². The predicted molar refractivity (Wildman–Crippen MR) is 82.4 cm³/mol. The number of halogens is 1. The number of hydrogen-bond donors (Lipinski definition) is 0. The van der Waals surface area contributed by atoms with Gasteiger partial charge in [0.1, 0.15) is 0 Å². The van der Waals surface area contributed by atoms with Crippen molar-refractivity contribution in [1.82, 2.24) is 0 Å². The quantitative estimate of drug-likeness (QED) is 0.483. The summed E-state index contributed by atoms with van der Waals surface area (Å²) in [6, 6.07) is 4.66. The van der Waals surface area contributed by atoms with Crippen molar-refractivity contribution in [2.45, 2.75) is 12.8 Å². The molecule has 0 N–H and O–H groups in total. The van der Waals surface area contributed by atoms with E-state index >= 15 is 0 Å². The van der Waals surface area contributed by atoms with E-state index in [-0.39, 0.29) is 17.6 Å². The molecule has 0 unspecified atom stereocenters. The van der Waals surface area contributed by atoms with Crippen LogP contribution in [0.15, 0.2) is 35.9 Å². The highest BCUT2D eigenvalue weighted by atomic mass is 35.5. The molecule has 0 saturated heterocycles. The fourth-order valence-corrected chi connectivity index (χ4v) is 3.44. The number of esters is 1. The first-order valence-electron chi connectivity index (χ1n) is 6.97. The molecule has 0 radical (unpaired) electrons. The van der Waals surface area contributed by atoms with Crippen molar-refractivity contribution in [3.63, 3.8) is 0 Å². The first-order chi connectivity index (χ1) is 10.5. The average Bonchev–Trinajstić information content (AvgIpc) is 2.49. The van der Waals surface area contributed by atoms with Crippen LogP contribution in [-0.2, 0) is 9.53 Å². The zero-order valence-electron chi connectivity index (χ0n) is 11.9. The smallest absolute Gasteiger partial charge is 0.333 e. The summed E-state index contributed by atoms with van der Waals surface area (Å²) in [6.07, 6.45) is 5.39. The minimum atomic E-state index is -0.427. The molecule has 2 aliphatic carbocycles. The van der Waals surface area contributed by atoms with Crippen LogP contribution in [0.3, 0.4) is 0 Å². The lowest BCUT2D eigenvalue weighted by Crippen LogP contribution is -2.28. The lowest BCUT2D eigenvalue weighted by Gasteiger charge is -2.38. The molecule has 1 aromatic rings. The van der Waals surface area contributed by atoms with Gasteiger partial charge in [-0.05, 0) is 30.4 Å². The Morgan fingerprint density at radius 2 is 2.18 bits per heavy atom. The second kappa shape index (κ2) is 5.57. The number of carbonyl (C=O) groups excluding carboxylic acids is 1. The third-order valence-electron chi connectivity index (χ3n) is 4.27. The minimum absolute atomic E-state index is 0.00390. The number of hydrogen-bond acceptors (Lipinski definition) is 4. The summed E-state index contributed by atoms with van der Waals surface area (Å²) in [5.41, 5.74) is 1.90. The Morgan fingerprint density at radius 1 is 1.41 bits per heavy atom. The van der Waals surface area contributed by atoms with E-state index < -0.39 is 4.92 Å². The van der Waals surface area contributed by atoms with Crippen LogP contribution in [0.4, 0.5) is 5.69 Å². The fourth-order valence-electron chi connectivity index (χ4n) is 3.16. The van der Waals surface area contributed by atoms with Crippen molar-refractivity contribution in [2.24, 2.45) is 11.8 Å². The third-order valence-corrected chi connectivity index (χ3v) is 4.58. The van der Waals surface area contributed by atoms with E-state index in [4.69, 9.17) is 16.3 Å². The largest absolute Gasteiger partial charge is 0.466 e. The van der Waals surface area contributed by atoms with Crippen LogP contribution >= 0.6 is 11.6 Å². The van der Waals surface area contributed by atoms with Crippen molar-refractivity contribution < 1.29 is 14.5 Å². The second-order valence-corrected chi connectivity index (χ2v) is 5.83. The predicted octanol–water partition coefficient (Wildman–Crippen LogP) is 3.77. The highest BCUT2D eigenvalue weighted by molar-refractivity contribution is 6.33. The maximum Gasteiger partial charge on any atom is 0.333 e. The number of methoxy groups -OCH3 is 1. The number of benzene rings is 1. The molecule has 22 heavy (non-hydrogen) atoms. The highest BCUT2D eigenvalue weighted by Gasteiger charge is 2.39. The summed E-state index contributed by atoms with van der Waals surface area (Å²) in [5, 5.41) is 11.6. The van der Waals surface area contributed by atoms with Gasteiger partial charge in [-0.15, -0.1) is 0 Å². The number of rotatable bonds is 3. The Hall–Kier alpha value is -2.14. The number of nitrogens with zero attached hydrogens (tertiary/aromatic N) is 1. The first-order valence-corrected chi connectivity index (χ1v) is 7.34. The van der Waals surface area contributed by atoms with Crippen molar-refractivity contribution in [2.75, 3.05) is 7.11 Å². The summed E-state index contributed by atoms with van der Waals surface area (Å²) in [7, 11) is 1.35. The lowest BCUT2D eigenvalue weighted by atomic mass is 9.66. The van der Waals surface area contributed by atoms with Crippen LogP contribution in [-0.4, -0.2) is 18.0 Å². The summed E-state index contributed by atoms with van der Waals surface area (Å²) < 4.78 is 4.76. The van der Waals surface area contributed by atoms with Crippen LogP contribution in [0.1, 0.15) is 18.4 Å². The van der Waals surface area contributed by atoms with Gasteiger partial charge in [0, 0.05) is 17.6 Å².